The summed E-state index contributed by atoms with van der Waals surface area (Å²) in [5.41, 5.74) is 6.28. The molecule has 1 aromatic heterocycles. The van der Waals surface area contributed by atoms with Crippen LogP contribution in [0.25, 0.3) is 0 Å². The number of nitrogens with zero attached hydrogens (tertiary/aromatic N) is 3. The van der Waals surface area contributed by atoms with Gasteiger partial charge in [0.15, 0.2) is 10.8 Å². The van der Waals surface area contributed by atoms with Crippen molar-refractivity contribution in [1.82, 2.24) is 15.2 Å². The summed E-state index contributed by atoms with van der Waals surface area (Å²) >= 11 is 3.69. The number of esters is 1. The third-order valence-corrected chi connectivity index (χ3v) is 8.08. The van der Waals surface area contributed by atoms with Gasteiger partial charge < -0.3 is 27.2 Å². The number of anilines is 1. The number of aliphatic carboxylic acids is 1. The molecule has 0 unspecified atom stereocenters. The van der Waals surface area contributed by atoms with Crippen LogP contribution in [0.4, 0.5) is 5.13 Å². The molecule has 3 aliphatic rings. The Labute approximate surface area is 229 Å². The maximum atomic E-state index is 12.8. The van der Waals surface area contributed by atoms with Gasteiger partial charge in [-0.25, -0.2) is 14.6 Å². The van der Waals surface area contributed by atoms with Crippen molar-refractivity contribution < 1.29 is 64.8 Å². The number of hydrogen-bond donors (Lipinski definition) is 3. The fraction of sp³-hybridized carbons (Fsp3) is 0.333. The molecule has 16 heteroatoms. The molecule has 1 fully saturated rings. The van der Waals surface area contributed by atoms with Gasteiger partial charge in [-0.1, -0.05) is 5.16 Å². The first-order valence-corrected chi connectivity index (χ1v) is 12.2. The number of nitrogens with one attached hydrogen (secondary N) is 1. The van der Waals surface area contributed by atoms with Gasteiger partial charge in [0.05, 0.1) is 0 Å². The Bertz CT molecular complexity index is 1140. The molecule has 0 spiro atoms. The molecule has 1 aromatic rings. The second kappa shape index (κ2) is 11.1. The van der Waals surface area contributed by atoms with Gasteiger partial charge in [0.2, 0.25) is 0 Å². The number of rotatable bonds is 8. The monoisotopic (exact) mass is 535 g/mol. The Hall–Kier alpha value is -2.04. The van der Waals surface area contributed by atoms with E-state index in [4.69, 9.17) is 15.3 Å². The summed E-state index contributed by atoms with van der Waals surface area (Å²) in [5.74, 6) is -2.21. The zero-order chi connectivity index (χ0) is 23.7. The predicted octanol–water partition coefficient (Wildman–Crippen LogP) is -2.90. The zero-order valence-corrected chi connectivity index (χ0v) is 22.4. The third kappa shape index (κ3) is 5.28. The van der Waals surface area contributed by atoms with Crippen molar-refractivity contribution in [2.24, 2.45) is 5.16 Å². The molecule has 3 aliphatic heterocycles. The molecule has 4 heterocycles. The summed E-state index contributed by atoms with van der Waals surface area (Å²) in [6, 6.07) is -0.940. The number of carboxylic acids is 1. The minimum absolute atomic E-state index is 0. The van der Waals surface area contributed by atoms with Crippen molar-refractivity contribution in [2.75, 3.05) is 31.0 Å². The normalized spacial score (nSPS) is 21.7. The summed E-state index contributed by atoms with van der Waals surface area (Å²) in [6.07, 6.45) is 1.38. The fourth-order valence-corrected chi connectivity index (χ4v) is 6.41. The van der Waals surface area contributed by atoms with Gasteiger partial charge in [-0.05, 0) is 5.57 Å². The Balaban J connectivity index is 0.00000216. The number of thiazole rings is 1. The van der Waals surface area contributed by atoms with Crippen molar-refractivity contribution in [3.8, 4) is 0 Å². The molecule has 176 valence electrons. The topological polar surface area (TPSA) is 174 Å². The minimum atomic E-state index is -1.24. The molecule has 0 radical (unpaired) electrons. The van der Waals surface area contributed by atoms with Crippen molar-refractivity contribution in [1.29, 1.82) is 0 Å². The van der Waals surface area contributed by atoms with E-state index in [1.165, 1.54) is 47.0 Å². The first-order chi connectivity index (χ1) is 15.8. The molecule has 0 aromatic carbocycles. The standard InChI is InChI=1S/C18H17N5O7S3.Na.H/c1-29-22-11(8-5-33-18(19)20-8)14(25)21-12-15(26)23-13(17(27)28)9(6-32-16(12)23)31-4-7-2-10(24)30-3-7;;/h2,5,12,16H,3-4,6H2,1H3,(H2,19,20)(H,21,25)(H,27,28);;/q;+1;-1/b22-11-;;/t12-,16-;;/m1../s1. The molecule has 0 aliphatic carbocycles. The summed E-state index contributed by atoms with van der Waals surface area (Å²) in [6.45, 7) is 0.171. The zero-order valence-electron chi connectivity index (χ0n) is 19.0. The van der Waals surface area contributed by atoms with E-state index in [9.17, 15) is 24.3 Å². The summed E-state index contributed by atoms with van der Waals surface area (Å²) in [5, 5.41) is 17.2. The largest absolute Gasteiger partial charge is 1.00 e. The van der Waals surface area contributed by atoms with Crippen molar-refractivity contribution in [2.45, 2.75) is 11.4 Å². The Kier molecular flexibility index (Phi) is 8.70. The van der Waals surface area contributed by atoms with Crippen LogP contribution >= 0.6 is 34.9 Å². The van der Waals surface area contributed by atoms with Crippen LogP contribution in [0.15, 0.2) is 32.8 Å². The van der Waals surface area contributed by atoms with E-state index in [2.05, 4.69) is 15.5 Å². The first kappa shape index (κ1) is 26.6. The van der Waals surface area contributed by atoms with Crippen molar-refractivity contribution in [3.05, 3.63) is 33.3 Å². The molecule has 1 saturated heterocycles. The number of carbonyl (C=O) groups is 4. The van der Waals surface area contributed by atoms with Crippen LogP contribution in [0.5, 0.6) is 0 Å². The Morgan fingerprint density at radius 1 is 1.50 bits per heavy atom. The van der Waals surface area contributed by atoms with E-state index < -0.39 is 35.2 Å². The molecule has 0 saturated carbocycles. The van der Waals surface area contributed by atoms with E-state index in [0.29, 0.717) is 16.4 Å². The number of β-lactam (4-membered cyclic amide) rings is 1. The summed E-state index contributed by atoms with van der Waals surface area (Å²) < 4.78 is 4.85. The van der Waals surface area contributed by atoms with Gasteiger partial charge in [0, 0.05) is 27.9 Å². The number of ether oxygens (including phenoxy) is 1. The van der Waals surface area contributed by atoms with Crippen molar-refractivity contribution in [3.63, 3.8) is 0 Å². The Morgan fingerprint density at radius 3 is 2.85 bits per heavy atom. The number of nitrogens with two attached hydrogens (primary N) is 1. The van der Waals surface area contributed by atoms with E-state index in [-0.39, 0.29) is 59.8 Å². The van der Waals surface area contributed by atoms with Crippen LogP contribution in [-0.2, 0) is 28.8 Å². The van der Waals surface area contributed by atoms with Crippen LogP contribution in [-0.4, -0.2) is 81.1 Å². The molecule has 4 rings (SSSR count). The number of oxime groups is 1. The van der Waals surface area contributed by atoms with Crippen LogP contribution in [0.2, 0.25) is 0 Å². The van der Waals surface area contributed by atoms with Crippen LogP contribution in [0.1, 0.15) is 7.12 Å². The van der Waals surface area contributed by atoms with Gasteiger partial charge in [0.1, 0.15) is 36.5 Å². The predicted molar refractivity (Wildman–Crippen MR) is 122 cm³/mol. The minimum Gasteiger partial charge on any atom is -1.00 e. The third-order valence-electron chi connectivity index (χ3n) is 4.74. The van der Waals surface area contributed by atoms with E-state index >= 15 is 0 Å². The molecule has 34 heavy (non-hydrogen) atoms. The maximum absolute atomic E-state index is 12.8. The average molecular weight is 536 g/mol. The number of amides is 2. The van der Waals surface area contributed by atoms with Gasteiger partial charge in [-0.15, -0.1) is 34.9 Å². The fourth-order valence-electron chi connectivity index (χ4n) is 3.28. The summed E-state index contributed by atoms with van der Waals surface area (Å²) in [4.78, 5) is 59.1. The van der Waals surface area contributed by atoms with Crippen LogP contribution in [0.3, 0.4) is 0 Å². The molecule has 2 atom stereocenters. The molecule has 12 nitrogen and oxygen atoms in total. The van der Waals surface area contributed by atoms with Crippen LogP contribution < -0.4 is 40.6 Å². The maximum Gasteiger partial charge on any atom is 1.00 e. The second-order valence-corrected chi connectivity index (χ2v) is 9.90. The van der Waals surface area contributed by atoms with Gasteiger partial charge >= 0.3 is 41.5 Å². The van der Waals surface area contributed by atoms with Gasteiger partial charge in [-0.3, -0.25) is 14.5 Å². The van der Waals surface area contributed by atoms with E-state index in [0.717, 1.165) is 16.9 Å². The molecule has 4 N–H and O–H groups in total. The van der Waals surface area contributed by atoms with Gasteiger partial charge in [0.25, 0.3) is 11.8 Å². The second-order valence-electron chi connectivity index (χ2n) is 6.83. The number of aromatic nitrogens is 1. The first-order valence-electron chi connectivity index (χ1n) is 9.33. The Morgan fingerprint density at radius 2 is 2.26 bits per heavy atom. The number of fused-ring (bicyclic) bond motifs is 1. The number of nitrogen functional groups attached to an aromatic ring is 1. The smallest absolute Gasteiger partial charge is 1.00 e. The molecule has 2 amide bonds. The van der Waals surface area contributed by atoms with Crippen molar-refractivity contribution >= 4 is 69.5 Å². The number of cyclic esters (lactones) is 1. The quantitative estimate of drug-likeness (QED) is 0.102. The molecular formula is C18H18N5NaO7S3. The number of carboxylic acid groups (broad SMARTS) is 1. The molecular weight excluding hydrogens is 517 g/mol. The van der Waals surface area contributed by atoms with Crippen LogP contribution in [0, 0.1) is 0 Å². The number of thioether (sulfide) groups is 2. The number of hydrogen-bond acceptors (Lipinski definition) is 12. The average Bonchev–Trinajstić information content (AvgIpc) is 3.40. The van der Waals surface area contributed by atoms with E-state index in [1.807, 2.05) is 0 Å². The van der Waals surface area contributed by atoms with Gasteiger partial charge in [-0.2, -0.15) is 0 Å². The van der Waals surface area contributed by atoms with E-state index in [1.54, 1.807) is 0 Å². The summed E-state index contributed by atoms with van der Waals surface area (Å²) in [7, 11) is 1.27. The molecule has 0 bridgehead atoms. The number of carbonyl (C=O) groups excluding carboxylic acids is 3. The SMILES string of the molecule is CO/N=C(\C(=O)N[C@@H]1C(=O)N2C(C(=O)O)=C(SCC3=CC(=O)OC3)CS[C@H]12)c1csc(N)n1.[H-].[Na+].